The van der Waals surface area contributed by atoms with Gasteiger partial charge in [-0.25, -0.2) is 9.78 Å². The molecule has 0 radical (unpaired) electrons. The van der Waals surface area contributed by atoms with Crippen LogP contribution in [0.2, 0.25) is 0 Å². The molecular formula is C44H64N6O11. The SMILES string of the molecule is CC[C@H]1OC(=O)[C@H](C)[C@H]2OCC3COC(C)(C[C@@H](C)C(=O)[C@H](C)[C@@H]4N(C/C3=N/OCc3ccnc5ccc(N)nc35)C(=O)OC41C)[C@H](O[C@@H]1O[C@H](C)C[C@H](N(C)C)[C@H]1O)[C@H]2C. The van der Waals surface area contributed by atoms with Crippen LogP contribution in [0, 0.1) is 29.6 Å². The van der Waals surface area contributed by atoms with Crippen LogP contribution >= 0.6 is 0 Å². The summed E-state index contributed by atoms with van der Waals surface area (Å²) < 4.78 is 39.9. The second kappa shape index (κ2) is 17.6. The molecular weight excluding hydrogens is 789 g/mol. The summed E-state index contributed by atoms with van der Waals surface area (Å²) in [5, 5.41) is 16.5. The van der Waals surface area contributed by atoms with Crippen molar-refractivity contribution in [2.24, 2.45) is 34.7 Å². The number of aliphatic hydroxyl groups excluding tert-OH is 1. The molecule has 0 aromatic carbocycles. The van der Waals surface area contributed by atoms with Gasteiger partial charge in [-0.3, -0.25) is 19.5 Å². The number of Topliss-reactive ketones (excluding diaryl/α,β-unsaturated/α-hetero) is 1. The Morgan fingerprint density at radius 2 is 1.82 bits per heavy atom. The summed E-state index contributed by atoms with van der Waals surface area (Å²) >= 11 is 0. The number of aromatic nitrogens is 2. The van der Waals surface area contributed by atoms with Crippen molar-refractivity contribution in [1.82, 2.24) is 19.8 Å². The van der Waals surface area contributed by atoms with Crippen LogP contribution in [-0.2, 0) is 49.5 Å². The molecule has 17 nitrogen and oxygen atoms in total. The van der Waals surface area contributed by atoms with Crippen molar-refractivity contribution in [3.63, 3.8) is 0 Å². The number of nitrogens with zero attached hydrogens (tertiary/aromatic N) is 5. The number of cyclic esters (lactones) is 1. The first-order valence-electron chi connectivity index (χ1n) is 21.7. The first kappa shape index (κ1) is 45.0. The predicted molar refractivity (Wildman–Crippen MR) is 223 cm³/mol. The minimum absolute atomic E-state index is 0.00788. The molecule has 5 saturated heterocycles. The summed E-state index contributed by atoms with van der Waals surface area (Å²) in [5.74, 6) is -3.80. The lowest BCUT2D eigenvalue weighted by molar-refractivity contribution is -0.302. The highest BCUT2D eigenvalue weighted by Crippen LogP contribution is 2.45. The zero-order chi connectivity index (χ0) is 44.1. The van der Waals surface area contributed by atoms with E-state index in [0.717, 1.165) is 0 Å². The van der Waals surface area contributed by atoms with Crippen LogP contribution in [0.1, 0.15) is 80.2 Å². The number of nitrogen functional groups attached to an aromatic ring is 1. The number of rotatable bonds is 7. The Morgan fingerprint density at radius 1 is 1.07 bits per heavy atom. The number of nitrogens with two attached hydrogens (primary N) is 1. The third-order valence-corrected chi connectivity index (χ3v) is 13.9. The Morgan fingerprint density at radius 3 is 2.54 bits per heavy atom. The lowest BCUT2D eigenvalue weighted by Gasteiger charge is -2.48. The van der Waals surface area contributed by atoms with E-state index in [2.05, 4.69) is 9.97 Å². The Kier molecular flexibility index (Phi) is 13.0. The lowest BCUT2D eigenvalue weighted by atomic mass is 9.73. The Hall–Kier alpha value is -4.00. The van der Waals surface area contributed by atoms with E-state index in [1.165, 1.54) is 4.90 Å². The maximum absolute atomic E-state index is 14.9. The summed E-state index contributed by atoms with van der Waals surface area (Å²) in [5.41, 5.74) is 5.71. The number of esters is 1. The van der Waals surface area contributed by atoms with Crippen molar-refractivity contribution in [2.45, 2.75) is 141 Å². The number of carbonyl (C=O) groups is 3. The summed E-state index contributed by atoms with van der Waals surface area (Å²) in [4.78, 5) is 62.1. The van der Waals surface area contributed by atoms with Crippen LogP contribution in [0.3, 0.4) is 0 Å². The molecule has 2 aromatic heterocycles. The van der Waals surface area contributed by atoms with Crippen LogP contribution in [0.25, 0.3) is 11.0 Å². The van der Waals surface area contributed by atoms with Crippen LogP contribution in [0.4, 0.5) is 10.6 Å². The molecule has 1 amide bonds. The second-order valence-electron chi connectivity index (χ2n) is 18.6. The Bertz CT molecular complexity index is 1990. The van der Waals surface area contributed by atoms with Crippen molar-refractivity contribution in [2.75, 3.05) is 39.6 Å². The molecule has 0 aliphatic carbocycles. The highest BCUT2D eigenvalue weighted by molar-refractivity contribution is 5.92. The molecule has 61 heavy (non-hydrogen) atoms. The van der Waals surface area contributed by atoms with E-state index in [9.17, 15) is 19.5 Å². The van der Waals surface area contributed by atoms with Gasteiger partial charge in [0.25, 0.3) is 0 Å². The molecule has 7 heterocycles. The van der Waals surface area contributed by atoms with Gasteiger partial charge >= 0.3 is 12.1 Å². The van der Waals surface area contributed by atoms with Gasteiger partial charge in [0.15, 0.2) is 11.9 Å². The van der Waals surface area contributed by atoms with Gasteiger partial charge in [-0.05, 0) is 79.3 Å². The van der Waals surface area contributed by atoms with Crippen molar-refractivity contribution in [3.05, 3.63) is 30.0 Å². The smallest absolute Gasteiger partial charge is 0.411 e. The topological polar surface area (TPSA) is 207 Å². The molecule has 0 spiro atoms. The molecule has 5 aliphatic heterocycles. The molecule has 3 unspecified atom stereocenters. The van der Waals surface area contributed by atoms with Gasteiger partial charge < -0.3 is 49.0 Å². The average molecular weight is 853 g/mol. The minimum atomic E-state index is -1.41. The fourth-order valence-corrected chi connectivity index (χ4v) is 10.6. The first-order chi connectivity index (χ1) is 28.9. The molecule has 3 N–H and O–H groups in total. The highest BCUT2D eigenvalue weighted by atomic mass is 16.7. The average Bonchev–Trinajstić information content (AvgIpc) is 3.49. The summed E-state index contributed by atoms with van der Waals surface area (Å²) in [6.07, 6.45) is -2.84. The third-order valence-electron chi connectivity index (χ3n) is 13.9. The monoisotopic (exact) mass is 852 g/mol. The van der Waals surface area contributed by atoms with Crippen LogP contribution < -0.4 is 5.73 Å². The first-order valence-corrected chi connectivity index (χ1v) is 21.7. The molecule has 6 bridgehead atoms. The fourth-order valence-electron chi connectivity index (χ4n) is 10.6. The number of ether oxygens (including phenoxy) is 6. The van der Waals surface area contributed by atoms with E-state index in [-0.39, 0.29) is 50.7 Å². The number of oxime groups is 1. The van der Waals surface area contributed by atoms with E-state index in [0.29, 0.717) is 41.0 Å². The van der Waals surface area contributed by atoms with Gasteiger partial charge in [0.1, 0.15) is 30.4 Å². The number of anilines is 1. The summed E-state index contributed by atoms with van der Waals surface area (Å²) in [6.45, 7) is 14.7. The quantitative estimate of drug-likeness (QED) is 0.297. The second-order valence-corrected chi connectivity index (χ2v) is 18.6. The normalized spacial score (nSPS) is 40.6. The van der Waals surface area contributed by atoms with E-state index in [1.54, 1.807) is 45.2 Å². The minimum Gasteiger partial charge on any atom is -0.458 e. The van der Waals surface area contributed by atoms with Crippen molar-refractivity contribution in [3.8, 4) is 0 Å². The lowest BCUT2D eigenvalue weighted by Crippen LogP contribution is -2.61. The molecule has 2 aromatic rings. The number of amides is 1. The zero-order valence-corrected chi connectivity index (χ0v) is 37.1. The standard InChI is InChI=1S/C44H64N6O11/c1-11-32-44(8)38-24(4)35(51)22(2)17-43(7)39(60-41-36(52)31(49(9)10)16-23(3)58-41)25(5)37(26(6)40(53)59-32)55-19-28(20-56-43)30(18-50(38)42(54)61-44)48-57-21-27-14-15-46-29-12-13-33(45)47-34(27)29/h12-15,22-26,28,31-32,36-39,41,52H,11,16-21H2,1-10H3,(H2,45,47)/b48-30-/t22-,23-,24+,25+,26-,28?,31+,32-,36-,37+,38+,39-,41+,43?,44?/m1/s1. The van der Waals surface area contributed by atoms with E-state index < -0.39 is 89.6 Å². The Labute approximate surface area is 357 Å². The molecule has 336 valence electrons. The van der Waals surface area contributed by atoms with Crippen LogP contribution in [0.15, 0.2) is 29.6 Å². The number of ketones is 1. The van der Waals surface area contributed by atoms with Gasteiger partial charge in [0.2, 0.25) is 0 Å². The number of pyridine rings is 2. The maximum atomic E-state index is 14.9. The Balaban J connectivity index is 1.38. The number of fused-ring (bicyclic) bond motifs is 6. The summed E-state index contributed by atoms with van der Waals surface area (Å²) in [7, 11) is 3.82. The highest BCUT2D eigenvalue weighted by Gasteiger charge is 2.61. The van der Waals surface area contributed by atoms with Gasteiger partial charge in [-0.1, -0.05) is 32.9 Å². The van der Waals surface area contributed by atoms with Crippen LogP contribution in [0.5, 0.6) is 0 Å². The van der Waals surface area contributed by atoms with Gasteiger partial charge in [0.05, 0.1) is 72.4 Å². The van der Waals surface area contributed by atoms with Gasteiger partial charge in [-0.15, -0.1) is 0 Å². The zero-order valence-electron chi connectivity index (χ0n) is 37.1. The number of likely N-dealkylation sites (N-methyl/N-ethyl adjacent to an activating group) is 1. The summed E-state index contributed by atoms with van der Waals surface area (Å²) in [6, 6.07) is 4.12. The van der Waals surface area contributed by atoms with E-state index >= 15 is 0 Å². The number of carbonyl (C=O) groups excluding carboxylic acids is 3. The predicted octanol–water partition coefficient (Wildman–Crippen LogP) is 4.12. The van der Waals surface area contributed by atoms with E-state index in [4.69, 9.17) is 44.1 Å². The molecule has 7 rings (SSSR count). The van der Waals surface area contributed by atoms with Crippen molar-refractivity contribution < 1.29 is 52.7 Å². The van der Waals surface area contributed by atoms with E-state index in [1.807, 2.05) is 53.6 Å². The molecule has 5 fully saturated rings. The number of hydrogen-bond acceptors (Lipinski definition) is 16. The molecule has 5 aliphatic rings. The number of hydrogen-bond donors (Lipinski definition) is 2. The van der Waals surface area contributed by atoms with Crippen LogP contribution in [-0.4, -0.2) is 142 Å². The van der Waals surface area contributed by atoms with Crippen molar-refractivity contribution in [1.29, 1.82) is 0 Å². The maximum Gasteiger partial charge on any atom is 0.411 e. The number of aliphatic hydroxyl groups is 1. The largest absolute Gasteiger partial charge is 0.458 e. The fraction of sp³-hybridized carbons (Fsp3) is 0.727. The van der Waals surface area contributed by atoms with Gasteiger partial charge in [-0.2, -0.15) is 0 Å². The molecule has 0 saturated carbocycles. The molecule has 17 heteroatoms. The van der Waals surface area contributed by atoms with Gasteiger partial charge in [0, 0.05) is 41.5 Å². The van der Waals surface area contributed by atoms with Crippen molar-refractivity contribution >= 4 is 40.4 Å². The molecule has 15 atom stereocenters. The third kappa shape index (κ3) is 8.57.